The number of imidazole rings is 1. The van der Waals surface area contributed by atoms with Gasteiger partial charge in [-0.3, -0.25) is 18.8 Å². The minimum Gasteiger partial charge on any atom is -0.326 e. The molecule has 2 aromatic heterocycles. The maximum atomic E-state index is 13.1. The van der Waals surface area contributed by atoms with Gasteiger partial charge < -0.3 is 10.3 Å². The molecule has 0 bridgehead atoms. The molecule has 0 unspecified atom stereocenters. The monoisotopic (exact) mass is 459 g/mol. The molecule has 0 saturated heterocycles. The van der Waals surface area contributed by atoms with Crippen LogP contribution in [0, 0.1) is 0 Å². The van der Waals surface area contributed by atoms with Crippen LogP contribution in [0.3, 0.4) is 0 Å². The summed E-state index contributed by atoms with van der Waals surface area (Å²) in [4.78, 5) is 39.9. The molecule has 0 radical (unpaired) electrons. The first-order valence-corrected chi connectivity index (χ1v) is 10.1. The lowest BCUT2D eigenvalue weighted by Gasteiger charge is -2.17. The largest absolute Gasteiger partial charge is 0.416 e. The topological polar surface area (TPSA) is 102 Å². The fraction of sp³-hybridized carbons (Fsp3) is 0.273. The predicted molar refractivity (Wildman–Crippen MR) is 117 cm³/mol. The van der Waals surface area contributed by atoms with E-state index in [2.05, 4.69) is 15.4 Å². The number of fused-ring (bicyclic) bond motifs is 2. The van der Waals surface area contributed by atoms with Gasteiger partial charge in [-0.1, -0.05) is 0 Å². The molecule has 0 fully saturated rings. The van der Waals surface area contributed by atoms with E-state index in [0.717, 1.165) is 18.2 Å². The van der Waals surface area contributed by atoms with Crippen molar-refractivity contribution < 1.29 is 18.0 Å². The van der Waals surface area contributed by atoms with E-state index in [4.69, 9.17) is 0 Å². The molecule has 0 aliphatic rings. The first-order valence-electron chi connectivity index (χ1n) is 10.1. The number of nitrogens with zero attached hydrogens (tertiary/aromatic N) is 3. The highest BCUT2D eigenvalue weighted by atomic mass is 19.4. The Morgan fingerprint density at radius 2 is 1.85 bits per heavy atom. The van der Waals surface area contributed by atoms with Crippen molar-refractivity contribution in [2.75, 3.05) is 5.32 Å². The van der Waals surface area contributed by atoms with Crippen molar-refractivity contribution in [3.63, 3.8) is 0 Å². The van der Waals surface area contributed by atoms with Crippen molar-refractivity contribution in [2.24, 2.45) is 7.05 Å². The van der Waals surface area contributed by atoms with Gasteiger partial charge in [-0.15, -0.1) is 0 Å². The quantitative estimate of drug-likeness (QED) is 0.489. The van der Waals surface area contributed by atoms with E-state index in [1.54, 1.807) is 39.1 Å². The molecular weight excluding hydrogens is 439 g/mol. The van der Waals surface area contributed by atoms with Crippen LogP contribution in [0.5, 0.6) is 0 Å². The van der Waals surface area contributed by atoms with E-state index in [-0.39, 0.29) is 34.7 Å². The van der Waals surface area contributed by atoms with Gasteiger partial charge in [-0.2, -0.15) is 18.3 Å². The van der Waals surface area contributed by atoms with Crippen LogP contribution in [0.25, 0.3) is 21.9 Å². The number of benzene rings is 2. The second-order valence-electron chi connectivity index (χ2n) is 7.99. The van der Waals surface area contributed by atoms with Gasteiger partial charge in [-0.05, 0) is 50.2 Å². The number of rotatable bonds is 4. The Labute approximate surface area is 184 Å². The third kappa shape index (κ3) is 4.13. The summed E-state index contributed by atoms with van der Waals surface area (Å²) in [5.41, 5.74) is -0.209. The fourth-order valence-corrected chi connectivity index (χ4v) is 3.66. The van der Waals surface area contributed by atoms with Gasteiger partial charge in [0.05, 0.1) is 28.5 Å². The highest BCUT2D eigenvalue weighted by Gasteiger charge is 2.31. The van der Waals surface area contributed by atoms with Gasteiger partial charge in [0.1, 0.15) is 5.69 Å². The van der Waals surface area contributed by atoms with Gasteiger partial charge in [0.25, 0.3) is 0 Å². The summed E-state index contributed by atoms with van der Waals surface area (Å²) in [5.74, 6) is -0.529. The summed E-state index contributed by atoms with van der Waals surface area (Å²) in [6, 6.07) is 7.37. The molecule has 4 aromatic rings. The summed E-state index contributed by atoms with van der Waals surface area (Å²) < 4.78 is 42.2. The molecule has 0 aliphatic carbocycles. The number of anilines is 1. The van der Waals surface area contributed by atoms with Gasteiger partial charge in [-0.25, -0.2) is 4.79 Å². The highest BCUT2D eigenvalue weighted by Crippen LogP contribution is 2.31. The van der Waals surface area contributed by atoms with Crippen molar-refractivity contribution in [3.05, 3.63) is 68.4 Å². The molecule has 0 spiro atoms. The number of carbonyl (C=O) groups is 1. The Morgan fingerprint density at radius 3 is 2.52 bits per heavy atom. The third-order valence-corrected chi connectivity index (χ3v) is 5.31. The number of hydrogen-bond acceptors (Lipinski definition) is 4. The van der Waals surface area contributed by atoms with Crippen molar-refractivity contribution in [1.29, 1.82) is 0 Å². The lowest BCUT2D eigenvalue weighted by atomic mass is 10.1. The van der Waals surface area contributed by atoms with Crippen molar-refractivity contribution in [2.45, 2.75) is 32.5 Å². The number of alkyl halides is 3. The van der Waals surface area contributed by atoms with E-state index in [1.165, 1.54) is 9.25 Å². The van der Waals surface area contributed by atoms with Crippen LogP contribution in [0.4, 0.5) is 18.9 Å². The number of nitrogens with one attached hydrogen (secondary N) is 2. The number of aromatic nitrogens is 4. The maximum Gasteiger partial charge on any atom is 0.416 e. The average Bonchev–Trinajstić information content (AvgIpc) is 3.01. The summed E-state index contributed by atoms with van der Waals surface area (Å²) in [7, 11) is 1.61. The summed E-state index contributed by atoms with van der Waals surface area (Å²) in [6.45, 7) is 3.44. The molecular formula is C22H20F3N5O3. The number of halogens is 3. The van der Waals surface area contributed by atoms with E-state index in [0.29, 0.717) is 16.7 Å². The van der Waals surface area contributed by atoms with Crippen molar-refractivity contribution in [1.82, 2.24) is 19.3 Å². The van der Waals surface area contributed by atoms with E-state index in [1.807, 2.05) is 0 Å². The standard InChI is InChI=1S/C22H20F3N5O3/c1-11(2)30-18-8-12(22(23,24)25)4-6-14(18)20(32)16(28-30)10-19(31)26-13-5-7-17-15(9-13)27-21(33)29(17)3/h4-9,11H,10H2,1-3H3,(H,26,31)(H,27,33). The van der Waals surface area contributed by atoms with Gasteiger partial charge >= 0.3 is 11.9 Å². The van der Waals surface area contributed by atoms with Crippen LogP contribution in [0.2, 0.25) is 0 Å². The zero-order valence-electron chi connectivity index (χ0n) is 17.9. The van der Waals surface area contributed by atoms with E-state index in [9.17, 15) is 27.6 Å². The molecule has 11 heteroatoms. The van der Waals surface area contributed by atoms with Crippen LogP contribution in [-0.4, -0.2) is 25.2 Å². The number of hydrogen-bond donors (Lipinski definition) is 2. The van der Waals surface area contributed by atoms with Crippen LogP contribution < -0.4 is 16.4 Å². The molecule has 33 heavy (non-hydrogen) atoms. The lowest BCUT2D eigenvalue weighted by Crippen LogP contribution is -2.25. The SMILES string of the molecule is CC(C)n1nc(CC(=O)Nc2ccc3c(c2)[nH]c(=O)n3C)c(=O)c2ccc(C(F)(F)F)cc21. The normalized spacial score (nSPS) is 12.1. The first-order chi connectivity index (χ1) is 15.5. The molecule has 2 aromatic carbocycles. The molecule has 0 atom stereocenters. The molecule has 2 heterocycles. The van der Waals surface area contributed by atoms with Crippen molar-refractivity contribution >= 4 is 33.5 Å². The number of aromatic amines is 1. The van der Waals surface area contributed by atoms with Gasteiger partial charge in [0, 0.05) is 24.2 Å². The van der Waals surface area contributed by atoms with Crippen molar-refractivity contribution in [3.8, 4) is 0 Å². The number of amides is 1. The Bertz CT molecular complexity index is 1510. The van der Waals surface area contributed by atoms with Crippen LogP contribution in [0.1, 0.15) is 31.1 Å². The van der Waals surface area contributed by atoms with Crippen LogP contribution >= 0.6 is 0 Å². The minimum atomic E-state index is -4.56. The van der Waals surface area contributed by atoms with Crippen LogP contribution in [0.15, 0.2) is 46.0 Å². The number of carbonyl (C=O) groups excluding carboxylic acids is 1. The second-order valence-corrected chi connectivity index (χ2v) is 7.99. The zero-order valence-corrected chi connectivity index (χ0v) is 17.9. The molecule has 2 N–H and O–H groups in total. The molecule has 8 nitrogen and oxygen atoms in total. The molecule has 4 rings (SSSR count). The van der Waals surface area contributed by atoms with E-state index < -0.39 is 23.1 Å². The highest BCUT2D eigenvalue weighted by molar-refractivity contribution is 5.94. The van der Waals surface area contributed by atoms with Crippen LogP contribution in [-0.2, 0) is 24.4 Å². The molecule has 0 aliphatic heterocycles. The summed E-state index contributed by atoms with van der Waals surface area (Å²) in [5, 5.41) is 6.91. The Balaban J connectivity index is 1.68. The molecule has 172 valence electrons. The lowest BCUT2D eigenvalue weighted by molar-refractivity contribution is -0.137. The minimum absolute atomic E-state index is 0.0486. The van der Waals surface area contributed by atoms with E-state index >= 15 is 0 Å². The third-order valence-electron chi connectivity index (χ3n) is 5.31. The smallest absolute Gasteiger partial charge is 0.326 e. The Morgan fingerprint density at radius 1 is 1.12 bits per heavy atom. The molecule has 0 saturated carbocycles. The van der Waals surface area contributed by atoms with Gasteiger partial charge in [0.2, 0.25) is 11.3 Å². The summed E-state index contributed by atoms with van der Waals surface area (Å²) in [6.07, 6.45) is -4.93. The van der Waals surface area contributed by atoms with Gasteiger partial charge in [0.15, 0.2) is 0 Å². The zero-order chi connectivity index (χ0) is 24.1. The fourth-order valence-electron chi connectivity index (χ4n) is 3.66. The summed E-state index contributed by atoms with van der Waals surface area (Å²) >= 11 is 0. The second kappa shape index (κ2) is 7.91. The maximum absolute atomic E-state index is 13.1. The Kier molecular flexibility index (Phi) is 5.35. The first kappa shape index (κ1) is 22.3. The Hall–Kier alpha value is -3.89. The molecule has 1 amide bonds. The number of aryl methyl sites for hydroxylation is 1. The average molecular weight is 459 g/mol. The number of H-pyrrole nitrogens is 1. The predicted octanol–water partition coefficient (Wildman–Crippen LogP) is 3.36.